The van der Waals surface area contributed by atoms with E-state index in [4.69, 9.17) is 9.47 Å². The van der Waals surface area contributed by atoms with Crippen molar-refractivity contribution in [2.75, 3.05) is 26.0 Å². The molecule has 1 aliphatic heterocycles. The van der Waals surface area contributed by atoms with E-state index in [2.05, 4.69) is 0 Å². The van der Waals surface area contributed by atoms with Gasteiger partial charge < -0.3 is 14.4 Å². The molecule has 1 heterocycles. The first-order valence-corrected chi connectivity index (χ1v) is 13.1. The minimum atomic E-state index is -3.42. The molecule has 2 aliphatic rings. The molecule has 0 bridgehead atoms. The first-order chi connectivity index (χ1) is 14.9. The molecule has 32 heavy (non-hydrogen) atoms. The molecule has 1 fully saturated rings. The normalized spacial score (nSPS) is 20.7. The SMILES string of the molecule is CC(C)(C)OC(=O)N1CCC(COC2CC=C(c3ccc(S(C)(=O)=O)cc3F)CC2)CC1. The third-order valence-corrected chi connectivity index (χ3v) is 7.02. The van der Waals surface area contributed by atoms with E-state index in [1.165, 1.54) is 6.07 Å². The molecule has 0 radical (unpaired) electrons. The van der Waals surface area contributed by atoms with E-state index >= 15 is 0 Å². The molecule has 0 spiro atoms. The number of benzene rings is 1. The molecule has 0 aromatic heterocycles. The number of carbonyl (C=O) groups is 1. The Balaban J connectivity index is 1.45. The van der Waals surface area contributed by atoms with E-state index in [9.17, 15) is 17.6 Å². The number of amides is 1. The van der Waals surface area contributed by atoms with Gasteiger partial charge in [-0.15, -0.1) is 0 Å². The van der Waals surface area contributed by atoms with Gasteiger partial charge in [0.15, 0.2) is 9.84 Å². The lowest BCUT2D eigenvalue weighted by molar-refractivity contribution is -0.00378. The Kier molecular flexibility index (Phi) is 7.65. The molecule has 1 unspecified atom stereocenters. The van der Waals surface area contributed by atoms with Crippen molar-refractivity contribution < 1.29 is 27.1 Å². The van der Waals surface area contributed by atoms with E-state index in [-0.39, 0.29) is 17.1 Å². The van der Waals surface area contributed by atoms with Gasteiger partial charge in [-0.2, -0.15) is 0 Å². The minimum Gasteiger partial charge on any atom is -0.444 e. The van der Waals surface area contributed by atoms with Gasteiger partial charge in [0.05, 0.1) is 11.0 Å². The fraction of sp³-hybridized carbons (Fsp3) is 0.625. The Morgan fingerprint density at radius 1 is 1.19 bits per heavy atom. The molecule has 1 atom stereocenters. The highest BCUT2D eigenvalue weighted by molar-refractivity contribution is 7.90. The van der Waals surface area contributed by atoms with Gasteiger partial charge in [-0.25, -0.2) is 17.6 Å². The average molecular weight is 468 g/mol. The van der Waals surface area contributed by atoms with Crippen LogP contribution < -0.4 is 0 Å². The summed E-state index contributed by atoms with van der Waals surface area (Å²) in [5.74, 6) is -0.0877. The number of allylic oxidation sites excluding steroid dienone is 1. The number of rotatable bonds is 5. The summed E-state index contributed by atoms with van der Waals surface area (Å²) in [5.41, 5.74) is 0.877. The van der Waals surface area contributed by atoms with Crippen LogP contribution in [0.3, 0.4) is 0 Å². The summed E-state index contributed by atoms with van der Waals surface area (Å²) in [5, 5.41) is 0. The number of ether oxygens (including phenoxy) is 2. The molecule has 1 saturated heterocycles. The highest BCUT2D eigenvalue weighted by atomic mass is 32.2. The molecule has 178 valence electrons. The first-order valence-electron chi connectivity index (χ1n) is 11.2. The number of sulfone groups is 1. The quantitative estimate of drug-likeness (QED) is 0.620. The van der Waals surface area contributed by atoms with Crippen LogP contribution in [0.25, 0.3) is 5.57 Å². The number of halogens is 1. The lowest BCUT2D eigenvalue weighted by Gasteiger charge is -2.34. The molecule has 1 aliphatic carbocycles. The predicted octanol–water partition coefficient (Wildman–Crippen LogP) is 4.83. The van der Waals surface area contributed by atoms with E-state index in [0.29, 0.717) is 44.0 Å². The van der Waals surface area contributed by atoms with Crippen LogP contribution in [0.15, 0.2) is 29.2 Å². The van der Waals surface area contributed by atoms with Crippen LogP contribution in [0.5, 0.6) is 0 Å². The van der Waals surface area contributed by atoms with Gasteiger partial charge in [-0.1, -0.05) is 12.1 Å². The Morgan fingerprint density at radius 3 is 2.41 bits per heavy atom. The van der Waals surface area contributed by atoms with E-state index in [1.807, 2.05) is 26.8 Å². The van der Waals surface area contributed by atoms with Crippen molar-refractivity contribution in [3.8, 4) is 0 Å². The standard InChI is InChI=1S/C24H34FNO5S/c1-24(2,3)31-23(27)26-13-11-17(12-14-26)16-30-19-7-5-18(6-8-19)21-10-9-20(15-22(21)25)32(4,28)29/h5,9-10,15,17,19H,6-8,11-14,16H2,1-4H3. The minimum absolute atomic E-state index is 0.00548. The maximum absolute atomic E-state index is 14.5. The van der Waals surface area contributed by atoms with E-state index in [1.54, 1.807) is 11.0 Å². The van der Waals surface area contributed by atoms with Crippen LogP contribution in [-0.2, 0) is 19.3 Å². The van der Waals surface area contributed by atoms with Crippen molar-refractivity contribution in [2.24, 2.45) is 5.92 Å². The van der Waals surface area contributed by atoms with Crippen molar-refractivity contribution in [1.29, 1.82) is 0 Å². The summed E-state index contributed by atoms with van der Waals surface area (Å²) in [6, 6.07) is 4.11. The molecule has 6 nitrogen and oxygen atoms in total. The second-order valence-electron chi connectivity index (χ2n) is 9.78. The monoisotopic (exact) mass is 467 g/mol. The zero-order valence-electron chi connectivity index (χ0n) is 19.4. The van der Waals surface area contributed by atoms with Crippen LogP contribution in [0.4, 0.5) is 9.18 Å². The fourth-order valence-electron chi connectivity index (χ4n) is 4.07. The number of piperidine rings is 1. The second-order valence-corrected chi connectivity index (χ2v) is 11.8. The molecular weight excluding hydrogens is 433 g/mol. The molecule has 0 saturated carbocycles. The van der Waals surface area contributed by atoms with E-state index in [0.717, 1.165) is 37.2 Å². The summed E-state index contributed by atoms with van der Waals surface area (Å²) in [4.78, 5) is 13.9. The average Bonchev–Trinajstić information content (AvgIpc) is 2.71. The summed E-state index contributed by atoms with van der Waals surface area (Å²) in [6.07, 6.45) is 6.91. The molecule has 8 heteroatoms. The topological polar surface area (TPSA) is 72.9 Å². The fourth-order valence-corrected chi connectivity index (χ4v) is 4.71. The summed E-state index contributed by atoms with van der Waals surface area (Å²) < 4.78 is 49.2. The highest BCUT2D eigenvalue weighted by Crippen LogP contribution is 2.31. The lowest BCUT2D eigenvalue weighted by Crippen LogP contribution is -2.42. The van der Waals surface area contributed by atoms with Crippen molar-refractivity contribution in [1.82, 2.24) is 4.90 Å². The summed E-state index contributed by atoms with van der Waals surface area (Å²) >= 11 is 0. The third kappa shape index (κ3) is 6.78. The zero-order valence-corrected chi connectivity index (χ0v) is 20.2. The van der Waals surface area contributed by atoms with Crippen molar-refractivity contribution in [3.05, 3.63) is 35.7 Å². The van der Waals surface area contributed by atoms with Gasteiger partial charge in [0, 0.05) is 31.5 Å². The van der Waals surface area contributed by atoms with Crippen LogP contribution >= 0.6 is 0 Å². The van der Waals surface area contributed by atoms with Gasteiger partial charge >= 0.3 is 6.09 Å². The zero-order chi connectivity index (χ0) is 23.5. The smallest absolute Gasteiger partial charge is 0.410 e. The highest BCUT2D eigenvalue weighted by Gasteiger charge is 2.28. The second kappa shape index (κ2) is 9.91. The Morgan fingerprint density at radius 2 is 1.88 bits per heavy atom. The number of hydrogen-bond donors (Lipinski definition) is 0. The maximum atomic E-state index is 14.5. The van der Waals surface area contributed by atoms with Crippen molar-refractivity contribution in [3.63, 3.8) is 0 Å². The van der Waals surface area contributed by atoms with Crippen molar-refractivity contribution >= 4 is 21.5 Å². The number of hydrogen-bond acceptors (Lipinski definition) is 5. The van der Waals surface area contributed by atoms with Crippen molar-refractivity contribution in [2.45, 2.75) is 69.5 Å². The molecule has 1 aromatic rings. The first kappa shape index (κ1) is 24.7. The van der Waals surface area contributed by atoms with Gasteiger partial charge in [0.1, 0.15) is 11.4 Å². The number of nitrogens with zero attached hydrogens (tertiary/aromatic N) is 1. The Hall–Kier alpha value is -1.93. The van der Waals surface area contributed by atoms with Gasteiger partial charge in [0.2, 0.25) is 0 Å². The van der Waals surface area contributed by atoms with Gasteiger partial charge in [-0.3, -0.25) is 0 Å². The largest absolute Gasteiger partial charge is 0.444 e. The van der Waals surface area contributed by atoms with Crippen LogP contribution in [0.1, 0.15) is 58.4 Å². The molecule has 0 N–H and O–H groups in total. The number of likely N-dealkylation sites (tertiary alicyclic amines) is 1. The maximum Gasteiger partial charge on any atom is 0.410 e. The van der Waals surface area contributed by atoms with Crippen LogP contribution in [-0.4, -0.2) is 57.1 Å². The van der Waals surface area contributed by atoms with Crippen LogP contribution in [0, 0.1) is 11.7 Å². The molecule has 1 amide bonds. The Labute approximate surface area is 190 Å². The predicted molar refractivity (Wildman–Crippen MR) is 122 cm³/mol. The van der Waals surface area contributed by atoms with Gasteiger partial charge in [-0.05, 0) is 76.5 Å². The van der Waals surface area contributed by atoms with E-state index < -0.39 is 21.3 Å². The molecular formula is C24H34FNO5S. The van der Waals surface area contributed by atoms with Crippen LogP contribution in [0.2, 0.25) is 0 Å². The summed E-state index contributed by atoms with van der Waals surface area (Å²) in [6.45, 7) is 7.63. The molecule has 3 rings (SSSR count). The lowest BCUT2D eigenvalue weighted by atomic mass is 9.91. The Bertz CT molecular complexity index is 959. The molecule has 1 aromatic carbocycles. The summed E-state index contributed by atoms with van der Waals surface area (Å²) in [7, 11) is -3.42. The third-order valence-electron chi connectivity index (χ3n) is 5.91. The van der Waals surface area contributed by atoms with Gasteiger partial charge in [0.25, 0.3) is 0 Å². The number of carbonyl (C=O) groups excluding carboxylic acids is 1.